The van der Waals surface area contributed by atoms with Gasteiger partial charge >= 0.3 is 6.18 Å². The summed E-state index contributed by atoms with van der Waals surface area (Å²) in [6, 6.07) is 0. The van der Waals surface area contributed by atoms with Crippen LogP contribution in [-0.2, 0) is 19.4 Å². The average Bonchev–Trinajstić information content (AvgIpc) is 2.67. The molecule has 1 aliphatic rings. The highest BCUT2D eigenvalue weighted by Crippen LogP contribution is 2.29. The van der Waals surface area contributed by atoms with E-state index in [4.69, 9.17) is 11.1 Å². The largest absolute Gasteiger partial charge is 0.400 e. The second kappa shape index (κ2) is 4.62. The first-order valence-corrected chi connectivity index (χ1v) is 5.83. The summed E-state index contributed by atoms with van der Waals surface area (Å²) < 4.78 is 39.7. The van der Waals surface area contributed by atoms with Crippen molar-refractivity contribution in [3.05, 3.63) is 17.7 Å². The smallest absolute Gasteiger partial charge is 0.387 e. The summed E-state index contributed by atoms with van der Waals surface area (Å²) in [6.07, 6.45) is 0.501. The predicted octanol–water partition coefficient (Wildman–Crippen LogP) is 1.88. The normalized spacial score (nSPS) is 17.3. The third kappa shape index (κ3) is 2.49. The number of hydrogen-bond acceptors (Lipinski definition) is 2. The molecule has 1 unspecified atom stereocenters. The van der Waals surface area contributed by atoms with E-state index < -0.39 is 17.9 Å². The topological polar surface area (TPSA) is 67.7 Å². The fourth-order valence-electron chi connectivity index (χ4n) is 2.26. The van der Waals surface area contributed by atoms with Crippen LogP contribution in [0.3, 0.4) is 0 Å². The number of halogens is 3. The first kappa shape index (κ1) is 12.9. The molecule has 18 heavy (non-hydrogen) atoms. The Morgan fingerprint density at radius 1 is 1.44 bits per heavy atom. The molecule has 2 rings (SSSR count). The Morgan fingerprint density at radius 2 is 2.11 bits per heavy atom. The molecular formula is C11H15F3N4. The van der Waals surface area contributed by atoms with E-state index in [-0.39, 0.29) is 6.54 Å². The number of nitrogens with one attached hydrogen (secondary N) is 1. The second-order valence-corrected chi connectivity index (χ2v) is 4.55. The van der Waals surface area contributed by atoms with Gasteiger partial charge in [0.2, 0.25) is 0 Å². The summed E-state index contributed by atoms with van der Waals surface area (Å²) in [4.78, 5) is 4.14. The molecule has 3 N–H and O–H groups in total. The SMILES string of the molecule is N=C(N)C(Cn1cnc2c1CCCC2)C(F)(F)F. The van der Waals surface area contributed by atoms with E-state index in [1.165, 1.54) is 10.9 Å². The molecule has 0 saturated carbocycles. The van der Waals surface area contributed by atoms with Gasteiger partial charge in [0, 0.05) is 12.2 Å². The second-order valence-electron chi connectivity index (χ2n) is 4.55. The van der Waals surface area contributed by atoms with Gasteiger partial charge in [0.25, 0.3) is 0 Å². The molecule has 1 aromatic heterocycles. The molecule has 0 aromatic carbocycles. The molecule has 0 bridgehead atoms. The lowest BCUT2D eigenvalue weighted by molar-refractivity contribution is -0.158. The van der Waals surface area contributed by atoms with Crippen LogP contribution >= 0.6 is 0 Å². The molecule has 1 atom stereocenters. The van der Waals surface area contributed by atoms with Crippen molar-refractivity contribution in [2.24, 2.45) is 11.7 Å². The molecule has 1 aliphatic carbocycles. The summed E-state index contributed by atoms with van der Waals surface area (Å²) in [5.74, 6) is -2.78. The van der Waals surface area contributed by atoms with Crippen molar-refractivity contribution in [2.45, 2.75) is 38.4 Å². The van der Waals surface area contributed by atoms with Crippen LogP contribution in [0.25, 0.3) is 0 Å². The van der Waals surface area contributed by atoms with E-state index in [2.05, 4.69) is 4.98 Å². The fourth-order valence-corrected chi connectivity index (χ4v) is 2.26. The van der Waals surface area contributed by atoms with Gasteiger partial charge in [0.1, 0.15) is 11.8 Å². The Balaban J connectivity index is 2.22. The van der Waals surface area contributed by atoms with E-state index in [0.717, 1.165) is 37.1 Å². The van der Waals surface area contributed by atoms with Crippen LogP contribution in [0, 0.1) is 11.3 Å². The minimum atomic E-state index is -4.49. The lowest BCUT2D eigenvalue weighted by atomic mass is 10.0. The number of nitrogens with zero attached hydrogens (tertiary/aromatic N) is 2. The lowest BCUT2D eigenvalue weighted by Crippen LogP contribution is -2.38. The van der Waals surface area contributed by atoms with E-state index >= 15 is 0 Å². The van der Waals surface area contributed by atoms with Crippen LogP contribution in [0.5, 0.6) is 0 Å². The average molecular weight is 260 g/mol. The zero-order chi connectivity index (χ0) is 13.3. The van der Waals surface area contributed by atoms with Crippen molar-refractivity contribution < 1.29 is 13.2 Å². The molecule has 0 amide bonds. The number of amidine groups is 1. The van der Waals surface area contributed by atoms with Crippen molar-refractivity contribution in [3.8, 4) is 0 Å². The number of rotatable bonds is 3. The third-order valence-corrected chi connectivity index (χ3v) is 3.26. The summed E-state index contributed by atoms with van der Waals surface area (Å²) in [5.41, 5.74) is 6.78. The number of aryl methyl sites for hydroxylation is 1. The molecule has 0 fully saturated rings. The van der Waals surface area contributed by atoms with Crippen LogP contribution in [0.2, 0.25) is 0 Å². The van der Waals surface area contributed by atoms with Gasteiger partial charge in [-0.15, -0.1) is 0 Å². The molecule has 0 aliphatic heterocycles. The van der Waals surface area contributed by atoms with Gasteiger partial charge in [0.05, 0.1) is 12.0 Å². The maximum absolute atomic E-state index is 12.7. The fraction of sp³-hybridized carbons (Fsp3) is 0.636. The molecule has 7 heteroatoms. The van der Waals surface area contributed by atoms with Gasteiger partial charge in [-0.25, -0.2) is 4.98 Å². The van der Waals surface area contributed by atoms with Crippen molar-refractivity contribution in [1.29, 1.82) is 5.41 Å². The van der Waals surface area contributed by atoms with E-state index in [1.807, 2.05) is 0 Å². The summed E-state index contributed by atoms with van der Waals surface area (Å²) in [5, 5.41) is 7.07. The molecule has 0 spiro atoms. The van der Waals surface area contributed by atoms with Gasteiger partial charge in [-0.2, -0.15) is 13.2 Å². The van der Waals surface area contributed by atoms with Crippen LogP contribution in [0.15, 0.2) is 6.33 Å². The quantitative estimate of drug-likeness (QED) is 0.643. The highest BCUT2D eigenvalue weighted by molar-refractivity contribution is 5.80. The summed E-state index contributed by atoms with van der Waals surface area (Å²) in [7, 11) is 0. The predicted molar refractivity (Wildman–Crippen MR) is 60.3 cm³/mol. The van der Waals surface area contributed by atoms with Crippen LogP contribution < -0.4 is 5.73 Å². The molecule has 1 heterocycles. The van der Waals surface area contributed by atoms with Gasteiger partial charge in [-0.3, -0.25) is 5.41 Å². The van der Waals surface area contributed by atoms with Crippen molar-refractivity contribution in [3.63, 3.8) is 0 Å². The Kier molecular flexibility index (Phi) is 3.32. The number of nitrogens with two attached hydrogens (primary N) is 1. The molecule has 1 aromatic rings. The zero-order valence-corrected chi connectivity index (χ0v) is 9.80. The van der Waals surface area contributed by atoms with Gasteiger partial charge in [0.15, 0.2) is 0 Å². The number of aromatic nitrogens is 2. The Labute approximate surface area is 103 Å². The maximum atomic E-state index is 12.7. The van der Waals surface area contributed by atoms with Crippen molar-refractivity contribution in [2.75, 3.05) is 0 Å². The van der Waals surface area contributed by atoms with Crippen LogP contribution in [0.4, 0.5) is 13.2 Å². The zero-order valence-electron chi connectivity index (χ0n) is 9.80. The van der Waals surface area contributed by atoms with Gasteiger partial charge in [-0.05, 0) is 25.7 Å². The molecule has 100 valence electrons. The van der Waals surface area contributed by atoms with Gasteiger partial charge < -0.3 is 10.3 Å². The molecule has 0 saturated heterocycles. The Hall–Kier alpha value is -1.53. The monoisotopic (exact) mass is 260 g/mol. The highest BCUT2D eigenvalue weighted by Gasteiger charge is 2.42. The lowest BCUT2D eigenvalue weighted by Gasteiger charge is -2.21. The highest BCUT2D eigenvalue weighted by atomic mass is 19.4. The summed E-state index contributed by atoms with van der Waals surface area (Å²) in [6.45, 7) is -0.346. The maximum Gasteiger partial charge on any atom is 0.400 e. The minimum Gasteiger partial charge on any atom is -0.387 e. The molecular weight excluding hydrogens is 245 g/mol. The Morgan fingerprint density at radius 3 is 2.72 bits per heavy atom. The van der Waals surface area contributed by atoms with E-state index in [9.17, 15) is 13.2 Å². The van der Waals surface area contributed by atoms with Crippen molar-refractivity contribution in [1.82, 2.24) is 9.55 Å². The van der Waals surface area contributed by atoms with Crippen LogP contribution in [-0.4, -0.2) is 21.6 Å². The van der Waals surface area contributed by atoms with Crippen LogP contribution in [0.1, 0.15) is 24.2 Å². The van der Waals surface area contributed by atoms with E-state index in [0.29, 0.717) is 0 Å². The molecule has 0 radical (unpaired) electrons. The first-order valence-electron chi connectivity index (χ1n) is 5.83. The minimum absolute atomic E-state index is 0.346. The molecule has 4 nitrogen and oxygen atoms in total. The first-order chi connectivity index (χ1) is 8.39. The summed E-state index contributed by atoms with van der Waals surface area (Å²) >= 11 is 0. The van der Waals surface area contributed by atoms with Gasteiger partial charge in [-0.1, -0.05) is 0 Å². The number of alkyl halides is 3. The van der Waals surface area contributed by atoms with Crippen molar-refractivity contribution >= 4 is 5.84 Å². The number of hydrogen-bond donors (Lipinski definition) is 2. The third-order valence-electron chi connectivity index (χ3n) is 3.26. The standard InChI is InChI=1S/C11H15F3N4/c12-11(13,14)7(10(15)16)5-18-6-17-8-3-1-2-4-9(8)18/h6-7H,1-5H2,(H3,15,16). The van der Waals surface area contributed by atoms with E-state index in [1.54, 1.807) is 0 Å². The number of fused-ring (bicyclic) bond motifs is 1. The number of imidazole rings is 1. The Bertz CT molecular complexity index is 450.